The predicted octanol–water partition coefficient (Wildman–Crippen LogP) is 9.55. The number of ether oxygens (including phenoxy) is 1. The van der Waals surface area contributed by atoms with E-state index in [1.807, 2.05) is 0 Å². The third-order valence-corrected chi connectivity index (χ3v) is 8.17. The molecular weight excluding hydrogens is 412 g/mol. The highest BCUT2D eigenvalue weighted by atomic mass is 16.5. The summed E-state index contributed by atoms with van der Waals surface area (Å²) < 4.78 is 6.11. The second kappa shape index (κ2) is 16.1. The first-order valence-electron chi connectivity index (χ1n) is 14.7. The van der Waals surface area contributed by atoms with E-state index in [0.717, 1.165) is 24.2 Å². The third-order valence-electron chi connectivity index (χ3n) is 8.17. The van der Waals surface area contributed by atoms with Crippen LogP contribution >= 0.6 is 0 Å². The van der Waals surface area contributed by atoms with Crippen LogP contribution in [0.4, 0.5) is 0 Å². The smallest absolute Gasteiger partial charge is 0.119 e. The number of hydrogen-bond donors (Lipinski definition) is 0. The van der Waals surface area contributed by atoms with Crippen LogP contribution in [0.5, 0.6) is 5.75 Å². The Morgan fingerprint density at radius 2 is 1.47 bits per heavy atom. The standard InChI is InChI=1S/C33H50O/c1-3-5-7-11-28-15-17-29(18-16-28)13-9-10-14-30-19-21-32(22-20-30)27-34-33-25-23-31(24-26-33)12-8-6-4-2/h9,13,23-26,28-30,32H,3-8,11-12,15-22,27H2,1-2H3. The molecule has 0 heterocycles. The number of allylic oxidation sites excluding steroid dienone is 2. The number of aryl methyl sites for hydroxylation is 1. The fourth-order valence-corrected chi connectivity index (χ4v) is 5.72. The van der Waals surface area contributed by atoms with Gasteiger partial charge in [-0.25, -0.2) is 0 Å². The van der Waals surface area contributed by atoms with Crippen LogP contribution in [0.2, 0.25) is 0 Å². The summed E-state index contributed by atoms with van der Waals surface area (Å²) in [5, 5.41) is 0. The Bertz CT molecular complexity index is 733. The van der Waals surface area contributed by atoms with Gasteiger partial charge in [0, 0.05) is 5.92 Å². The van der Waals surface area contributed by atoms with E-state index >= 15 is 0 Å². The highest BCUT2D eigenvalue weighted by molar-refractivity contribution is 5.27. The average Bonchev–Trinajstić information content (AvgIpc) is 2.88. The molecule has 2 aliphatic carbocycles. The lowest BCUT2D eigenvalue weighted by atomic mass is 9.79. The van der Waals surface area contributed by atoms with Crippen molar-refractivity contribution in [2.24, 2.45) is 23.7 Å². The van der Waals surface area contributed by atoms with E-state index in [1.165, 1.54) is 108 Å². The van der Waals surface area contributed by atoms with Gasteiger partial charge in [-0.05, 0) is 106 Å². The zero-order valence-electron chi connectivity index (χ0n) is 22.2. The zero-order chi connectivity index (χ0) is 23.8. The van der Waals surface area contributed by atoms with Crippen molar-refractivity contribution >= 4 is 0 Å². The van der Waals surface area contributed by atoms with Gasteiger partial charge in [-0.2, -0.15) is 0 Å². The molecule has 0 aliphatic heterocycles. The summed E-state index contributed by atoms with van der Waals surface area (Å²) in [5.74, 6) is 11.0. The molecule has 0 amide bonds. The first-order chi connectivity index (χ1) is 16.8. The van der Waals surface area contributed by atoms with E-state index in [1.54, 1.807) is 0 Å². The van der Waals surface area contributed by atoms with Gasteiger partial charge in [-0.3, -0.25) is 0 Å². The van der Waals surface area contributed by atoms with Gasteiger partial charge in [0.05, 0.1) is 6.61 Å². The summed E-state index contributed by atoms with van der Waals surface area (Å²) in [5.41, 5.74) is 1.43. The van der Waals surface area contributed by atoms with Crippen molar-refractivity contribution in [1.29, 1.82) is 0 Å². The van der Waals surface area contributed by atoms with Crippen molar-refractivity contribution in [3.05, 3.63) is 42.0 Å². The van der Waals surface area contributed by atoms with E-state index < -0.39 is 0 Å². The fraction of sp³-hybridized carbons (Fsp3) is 0.697. The molecule has 0 bridgehead atoms. The third kappa shape index (κ3) is 10.3. The van der Waals surface area contributed by atoms with Gasteiger partial charge in [-0.1, -0.05) is 82.4 Å². The lowest BCUT2D eigenvalue weighted by Crippen LogP contribution is -2.19. The van der Waals surface area contributed by atoms with Gasteiger partial charge in [-0.15, -0.1) is 0 Å². The Kier molecular flexibility index (Phi) is 12.7. The lowest BCUT2D eigenvalue weighted by Gasteiger charge is -2.26. The molecule has 2 saturated carbocycles. The van der Waals surface area contributed by atoms with E-state index in [0.29, 0.717) is 11.8 Å². The van der Waals surface area contributed by atoms with Crippen molar-refractivity contribution in [2.75, 3.05) is 6.61 Å². The topological polar surface area (TPSA) is 9.23 Å². The van der Waals surface area contributed by atoms with Crippen molar-refractivity contribution in [3.8, 4) is 17.6 Å². The molecule has 1 aromatic carbocycles. The van der Waals surface area contributed by atoms with Gasteiger partial charge < -0.3 is 4.74 Å². The molecule has 0 unspecified atom stereocenters. The van der Waals surface area contributed by atoms with Gasteiger partial charge in [0.2, 0.25) is 0 Å². The Morgan fingerprint density at radius 1 is 0.794 bits per heavy atom. The normalized spacial score (nSPS) is 25.1. The predicted molar refractivity (Wildman–Crippen MR) is 147 cm³/mol. The molecule has 0 radical (unpaired) electrons. The molecule has 3 rings (SSSR count). The largest absolute Gasteiger partial charge is 0.493 e. The molecular formula is C33H50O. The molecule has 0 N–H and O–H groups in total. The van der Waals surface area contributed by atoms with E-state index in [-0.39, 0.29) is 0 Å². The van der Waals surface area contributed by atoms with Crippen LogP contribution in [0.25, 0.3) is 0 Å². The molecule has 0 atom stereocenters. The van der Waals surface area contributed by atoms with Crippen LogP contribution < -0.4 is 4.74 Å². The Hall–Kier alpha value is -1.68. The van der Waals surface area contributed by atoms with Crippen LogP contribution in [-0.2, 0) is 6.42 Å². The minimum absolute atomic E-state index is 0.581. The molecule has 34 heavy (non-hydrogen) atoms. The van der Waals surface area contributed by atoms with Gasteiger partial charge >= 0.3 is 0 Å². The molecule has 1 aromatic rings. The molecule has 188 valence electrons. The number of benzene rings is 1. The van der Waals surface area contributed by atoms with E-state index in [9.17, 15) is 0 Å². The highest BCUT2D eigenvalue weighted by Crippen LogP contribution is 2.33. The highest BCUT2D eigenvalue weighted by Gasteiger charge is 2.21. The Labute approximate surface area is 211 Å². The van der Waals surface area contributed by atoms with Crippen LogP contribution in [0.3, 0.4) is 0 Å². The first kappa shape index (κ1) is 26.9. The van der Waals surface area contributed by atoms with Gasteiger partial charge in [0.15, 0.2) is 0 Å². The van der Waals surface area contributed by atoms with Gasteiger partial charge in [0.25, 0.3) is 0 Å². The molecule has 0 spiro atoms. The van der Waals surface area contributed by atoms with E-state index in [2.05, 4.69) is 62.1 Å². The summed E-state index contributed by atoms with van der Waals surface area (Å²) in [4.78, 5) is 0. The Balaban J connectivity index is 1.27. The maximum Gasteiger partial charge on any atom is 0.119 e. The second-order valence-electron chi connectivity index (χ2n) is 11.1. The lowest BCUT2D eigenvalue weighted by molar-refractivity contribution is 0.196. The minimum atomic E-state index is 0.581. The summed E-state index contributed by atoms with van der Waals surface area (Å²) in [6.45, 7) is 5.42. The molecule has 0 aromatic heterocycles. The van der Waals surface area contributed by atoms with E-state index in [4.69, 9.17) is 4.74 Å². The minimum Gasteiger partial charge on any atom is -0.493 e. The average molecular weight is 463 g/mol. The molecule has 0 saturated heterocycles. The van der Waals surface area contributed by atoms with Gasteiger partial charge in [0.1, 0.15) is 5.75 Å². The quantitative estimate of drug-likeness (QED) is 0.222. The second-order valence-corrected chi connectivity index (χ2v) is 11.1. The maximum atomic E-state index is 6.11. The van der Waals surface area contributed by atoms with Crippen LogP contribution in [-0.4, -0.2) is 6.61 Å². The summed E-state index contributed by atoms with van der Waals surface area (Å²) in [6, 6.07) is 8.79. The Morgan fingerprint density at radius 3 is 2.18 bits per heavy atom. The fourth-order valence-electron chi connectivity index (χ4n) is 5.72. The first-order valence-corrected chi connectivity index (χ1v) is 14.7. The van der Waals surface area contributed by atoms with Crippen LogP contribution in [0.1, 0.15) is 116 Å². The number of hydrogen-bond acceptors (Lipinski definition) is 1. The van der Waals surface area contributed by atoms with Crippen molar-refractivity contribution < 1.29 is 4.74 Å². The number of unbranched alkanes of at least 4 members (excludes halogenated alkanes) is 4. The summed E-state index contributed by atoms with van der Waals surface area (Å²) >= 11 is 0. The van der Waals surface area contributed by atoms with Crippen LogP contribution in [0.15, 0.2) is 36.4 Å². The molecule has 1 heteroatoms. The molecule has 2 aliphatic rings. The van der Waals surface area contributed by atoms with Crippen molar-refractivity contribution in [3.63, 3.8) is 0 Å². The summed E-state index contributed by atoms with van der Waals surface area (Å²) in [6.07, 6.45) is 25.9. The monoisotopic (exact) mass is 462 g/mol. The maximum absolute atomic E-state index is 6.11. The number of rotatable bonds is 12. The van der Waals surface area contributed by atoms with Crippen molar-refractivity contribution in [1.82, 2.24) is 0 Å². The van der Waals surface area contributed by atoms with Crippen molar-refractivity contribution in [2.45, 2.75) is 117 Å². The summed E-state index contributed by atoms with van der Waals surface area (Å²) in [7, 11) is 0. The molecule has 2 fully saturated rings. The van der Waals surface area contributed by atoms with Crippen LogP contribution in [0, 0.1) is 35.5 Å². The zero-order valence-corrected chi connectivity index (χ0v) is 22.2. The SMILES string of the molecule is CCCCCc1ccc(OCC2CCC(C#CC=CC3CCC(CCCCC)CC3)CC2)cc1. The molecule has 1 nitrogen and oxygen atoms in total.